The Bertz CT molecular complexity index is 186. The molecule has 0 bridgehead atoms. The van der Waals surface area contributed by atoms with E-state index in [1.807, 2.05) is 0 Å². The molecule has 0 saturated carbocycles. The van der Waals surface area contributed by atoms with Gasteiger partial charge >= 0.3 is 0 Å². The molecule has 90 valence electrons. The number of hydrogen-bond acceptors (Lipinski definition) is 3. The van der Waals surface area contributed by atoms with E-state index < -0.39 is 0 Å². The van der Waals surface area contributed by atoms with Crippen LogP contribution in [0.1, 0.15) is 34.1 Å². The van der Waals surface area contributed by atoms with Crippen LogP contribution in [0.15, 0.2) is 0 Å². The second kappa shape index (κ2) is 5.83. The molecule has 1 aliphatic rings. The summed E-state index contributed by atoms with van der Waals surface area (Å²) in [6, 6.07) is 0.603. The minimum Gasteiger partial charge on any atom is -0.380 e. The summed E-state index contributed by atoms with van der Waals surface area (Å²) in [5.41, 5.74) is 0.309. The fourth-order valence-electron chi connectivity index (χ4n) is 2.15. The molecule has 2 unspecified atom stereocenters. The van der Waals surface area contributed by atoms with Gasteiger partial charge in [0.25, 0.3) is 0 Å². The topological polar surface area (TPSA) is 24.5 Å². The fraction of sp³-hybridized carbons (Fsp3) is 1.00. The van der Waals surface area contributed by atoms with Crippen LogP contribution in [0, 0.1) is 0 Å². The SMILES string of the molecule is CCOCCN1CC(C)NCC1(C)CC. The monoisotopic (exact) mass is 214 g/mol. The molecule has 1 heterocycles. The summed E-state index contributed by atoms with van der Waals surface area (Å²) in [6.45, 7) is 13.9. The second-order valence-corrected chi connectivity index (χ2v) is 4.78. The van der Waals surface area contributed by atoms with Crippen molar-refractivity contribution >= 4 is 0 Å². The van der Waals surface area contributed by atoms with Gasteiger partial charge in [0, 0.05) is 37.8 Å². The van der Waals surface area contributed by atoms with Crippen LogP contribution in [0.3, 0.4) is 0 Å². The van der Waals surface area contributed by atoms with E-state index in [0.29, 0.717) is 11.6 Å². The highest BCUT2D eigenvalue weighted by atomic mass is 16.5. The van der Waals surface area contributed by atoms with E-state index in [-0.39, 0.29) is 0 Å². The number of piperazine rings is 1. The van der Waals surface area contributed by atoms with Crippen molar-refractivity contribution in [3.63, 3.8) is 0 Å². The molecule has 0 aromatic heterocycles. The van der Waals surface area contributed by atoms with E-state index in [9.17, 15) is 0 Å². The summed E-state index contributed by atoms with van der Waals surface area (Å²) in [6.07, 6.45) is 1.19. The lowest BCUT2D eigenvalue weighted by atomic mass is 9.92. The van der Waals surface area contributed by atoms with Gasteiger partial charge in [-0.05, 0) is 27.2 Å². The molecule has 3 nitrogen and oxygen atoms in total. The number of nitrogens with zero attached hydrogens (tertiary/aromatic N) is 1. The lowest BCUT2D eigenvalue weighted by Crippen LogP contribution is -2.62. The Morgan fingerprint density at radius 1 is 1.47 bits per heavy atom. The lowest BCUT2D eigenvalue weighted by molar-refractivity contribution is 0.0219. The quantitative estimate of drug-likeness (QED) is 0.702. The summed E-state index contributed by atoms with van der Waals surface area (Å²) in [4.78, 5) is 2.57. The van der Waals surface area contributed by atoms with Gasteiger partial charge in [-0.15, -0.1) is 0 Å². The minimum absolute atomic E-state index is 0.309. The van der Waals surface area contributed by atoms with Crippen molar-refractivity contribution in [1.82, 2.24) is 10.2 Å². The van der Waals surface area contributed by atoms with Crippen LogP contribution in [0.25, 0.3) is 0 Å². The number of hydrogen-bond donors (Lipinski definition) is 1. The molecule has 1 aliphatic heterocycles. The van der Waals surface area contributed by atoms with Crippen molar-refractivity contribution in [2.75, 3.05) is 32.8 Å². The zero-order valence-electron chi connectivity index (χ0n) is 10.7. The average molecular weight is 214 g/mol. The highest BCUT2D eigenvalue weighted by Gasteiger charge is 2.34. The first-order chi connectivity index (χ1) is 7.12. The van der Waals surface area contributed by atoms with Gasteiger partial charge < -0.3 is 10.1 Å². The molecule has 0 radical (unpaired) electrons. The molecule has 0 amide bonds. The van der Waals surface area contributed by atoms with Gasteiger partial charge in [0.05, 0.1) is 6.61 Å². The van der Waals surface area contributed by atoms with Gasteiger partial charge in [0.1, 0.15) is 0 Å². The molecule has 0 aromatic carbocycles. The van der Waals surface area contributed by atoms with Crippen LogP contribution in [-0.2, 0) is 4.74 Å². The minimum atomic E-state index is 0.309. The van der Waals surface area contributed by atoms with Gasteiger partial charge in [-0.2, -0.15) is 0 Å². The van der Waals surface area contributed by atoms with Crippen LogP contribution in [0.4, 0.5) is 0 Å². The average Bonchev–Trinajstić information content (AvgIpc) is 2.24. The largest absolute Gasteiger partial charge is 0.380 e. The molecule has 0 aliphatic carbocycles. The van der Waals surface area contributed by atoms with Crippen molar-refractivity contribution < 1.29 is 4.74 Å². The van der Waals surface area contributed by atoms with Crippen molar-refractivity contribution in [2.24, 2.45) is 0 Å². The van der Waals surface area contributed by atoms with E-state index in [2.05, 4.69) is 37.9 Å². The third-order valence-corrected chi connectivity index (χ3v) is 3.56. The smallest absolute Gasteiger partial charge is 0.0593 e. The van der Waals surface area contributed by atoms with E-state index >= 15 is 0 Å². The summed E-state index contributed by atoms with van der Waals surface area (Å²) in [5.74, 6) is 0. The first-order valence-electron chi connectivity index (χ1n) is 6.18. The van der Waals surface area contributed by atoms with Crippen molar-refractivity contribution in [3.8, 4) is 0 Å². The number of nitrogens with one attached hydrogen (secondary N) is 1. The zero-order chi connectivity index (χ0) is 11.3. The Morgan fingerprint density at radius 2 is 2.20 bits per heavy atom. The molecule has 3 heteroatoms. The Hall–Kier alpha value is -0.120. The molecule has 2 atom stereocenters. The number of ether oxygens (including phenoxy) is 1. The lowest BCUT2D eigenvalue weighted by Gasteiger charge is -2.47. The van der Waals surface area contributed by atoms with E-state index in [1.165, 1.54) is 6.42 Å². The van der Waals surface area contributed by atoms with Crippen LogP contribution in [0.2, 0.25) is 0 Å². The molecule has 15 heavy (non-hydrogen) atoms. The standard InChI is InChI=1S/C12H26N2O/c1-5-12(4)10-13-11(3)9-14(12)7-8-15-6-2/h11,13H,5-10H2,1-4H3. The van der Waals surface area contributed by atoms with Gasteiger partial charge in [-0.25, -0.2) is 0 Å². The van der Waals surface area contributed by atoms with Gasteiger partial charge in [-0.1, -0.05) is 6.92 Å². The Morgan fingerprint density at radius 3 is 2.80 bits per heavy atom. The van der Waals surface area contributed by atoms with Crippen LogP contribution in [0.5, 0.6) is 0 Å². The van der Waals surface area contributed by atoms with Gasteiger partial charge in [-0.3, -0.25) is 4.90 Å². The van der Waals surface area contributed by atoms with Crippen LogP contribution >= 0.6 is 0 Å². The first-order valence-corrected chi connectivity index (χ1v) is 6.18. The normalized spacial score (nSPS) is 33.2. The van der Waals surface area contributed by atoms with Gasteiger partial charge in [0.2, 0.25) is 0 Å². The molecule has 1 saturated heterocycles. The summed E-state index contributed by atoms with van der Waals surface area (Å²) in [7, 11) is 0. The predicted octanol–water partition coefficient (Wildman–Crippen LogP) is 1.49. The maximum Gasteiger partial charge on any atom is 0.0593 e. The maximum absolute atomic E-state index is 5.45. The second-order valence-electron chi connectivity index (χ2n) is 4.78. The summed E-state index contributed by atoms with van der Waals surface area (Å²) in [5, 5.41) is 3.56. The molecular weight excluding hydrogens is 188 g/mol. The Kier molecular flexibility index (Phi) is 5.03. The molecule has 0 aromatic rings. The van der Waals surface area contributed by atoms with Crippen molar-refractivity contribution in [2.45, 2.75) is 45.7 Å². The first kappa shape index (κ1) is 12.9. The van der Waals surface area contributed by atoms with Crippen molar-refractivity contribution in [1.29, 1.82) is 0 Å². The van der Waals surface area contributed by atoms with E-state index in [1.54, 1.807) is 0 Å². The van der Waals surface area contributed by atoms with E-state index in [0.717, 1.165) is 32.8 Å². The highest BCUT2D eigenvalue weighted by Crippen LogP contribution is 2.22. The van der Waals surface area contributed by atoms with Gasteiger partial charge in [0.15, 0.2) is 0 Å². The summed E-state index contributed by atoms with van der Waals surface area (Å²) >= 11 is 0. The zero-order valence-corrected chi connectivity index (χ0v) is 10.7. The predicted molar refractivity (Wildman–Crippen MR) is 64.2 cm³/mol. The Labute approximate surface area is 94.2 Å². The Balaban J connectivity index is 2.47. The maximum atomic E-state index is 5.45. The molecule has 1 rings (SSSR count). The van der Waals surface area contributed by atoms with Crippen molar-refractivity contribution in [3.05, 3.63) is 0 Å². The highest BCUT2D eigenvalue weighted by molar-refractivity contribution is 4.93. The van der Waals surface area contributed by atoms with E-state index in [4.69, 9.17) is 4.74 Å². The number of rotatable bonds is 5. The third-order valence-electron chi connectivity index (χ3n) is 3.56. The molecule has 1 fully saturated rings. The molecular formula is C12H26N2O. The third kappa shape index (κ3) is 3.44. The molecule has 0 spiro atoms. The van der Waals surface area contributed by atoms with Crippen LogP contribution < -0.4 is 5.32 Å². The fourth-order valence-corrected chi connectivity index (χ4v) is 2.15. The molecule has 1 N–H and O–H groups in total. The van der Waals surface area contributed by atoms with Crippen LogP contribution in [-0.4, -0.2) is 49.3 Å². The summed E-state index contributed by atoms with van der Waals surface area (Å²) < 4.78 is 5.45.